The summed E-state index contributed by atoms with van der Waals surface area (Å²) in [4.78, 5) is 25.2. The molecule has 0 unspecified atom stereocenters. The zero-order chi connectivity index (χ0) is 20.9. The molecular weight excluding hydrogens is 400 g/mol. The summed E-state index contributed by atoms with van der Waals surface area (Å²) in [5.41, 5.74) is 3.00. The van der Waals surface area contributed by atoms with Gasteiger partial charge in [0.15, 0.2) is 0 Å². The van der Waals surface area contributed by atoms with E-state index in [1.54, 1.807) is 18.2 Å². The molecule has 1 atom stereocenters. The van der Waals surface area contributed by atoms with E-state index in [2.05, 4.69) is 10.6 Å². The van der Waals surface area contributed by atoms with Crippen LogP contribution in [0.3, 0.4) is 0 Å². The monoisotopic (exact) mass is 422 g/mol. The quantitative estimate of drug-likeness (QED) is 0.716. The zero-order valence-corrected chi connectivity index (χ0v) is 17.5. The van der Waals surface area contributed by atoms with Gasteiger partial charge >= 0.3 is 0 Å². The van der Waals surface area contributed by atoms with Crippen LogP contribution in [0, 0.1) is 13.8 Å². The van der Waals surface area contributed by atoms with E-state index in [9.17, 15) is 18.0 Å². The van der Waals surface area contributed by atoms with Gasteiger partial charge in [0, 0.05) is 22.5 Å². The molecule has 8 heteroatoms. The minimum absolute atomic E-state index is 0.0329. The predicted molar refractivity (Wildman–Crippen MR) is 112 cm³/mol. The first-order valence-electron chi connectivity index (χ1n) is 8.67. The molecule has 2 N–H and O–H groups in total. The third-order valence-electron chi connectivity index (χ3n) is 4.28. The Kier molecular flexibility index (Phi) is 7.21. The van der Waals surface area contributed by atoms with E-state index in [1.807, 2.05) is 26.0 Å². The summed E-state index contributed by atoms with van der Waals surface area (Å²) in [6, 6.07) is 10.7. The summed E-state index contributed by atoms with van der Waals surface area (Å²) in [5.74, 6) is -1.18. The van der Waals surface area contributed by atoms with E-state index in [1.165, 1.54) is 12.1 Å². The van der Waals surface area contributed by atoms with Crippen LogP contribution < -0.4 is 10.6 Å². The van der Waals surface area contributed by atoms with Gasteiger partial charge in [-0.15, -0.1) is 0 Å². The lowest BCUT2D eigenvalue weighted by molar-refractivity contribution is -0.118. The minimum Gasteiger partial charge on any atom is -0.340 e. The molecule has 0 aliphatic rings. The molecule has 0 aliphatic heterocycles. The number of hydrogen-bond acceptors (Lipinski definition) is 4. The van der Waals surface area contributed by atoms with Crippen LogP contribution in [-0.4, -0.2) is 38.3 Å². The molecule has 2 amide bonds. The SMILES string of the molecule is Cc1ccc(NC(=O)[C@@H](CCS(C)(=O)=O)NC(=O)c2ccc(Cl)cc2)cc1C. The van der Waals surface area contributed by atoms with E-state index in [-0.39, 0.29) is 12.2 Å². The van der Waals surface area contributed by atoms with Gasteiger partial charge < -0.3 is 10.6 Å². The highest BCUT2D eigenvalue weighted by atomic mass is 35.5. The third kappa shape index (κ3) is 6.65. The number of carbonyl (C=O) groups excluding carboxylic acids is 2. The standard InChI is InChI=1S/C20H23ClN2O4S/c1-13-4-9-17(12-14(13)2)22-20(25)18(10-11-28(3,26)27)23-19(24)15-5-7-16(21)8-6-15/h4-9,12,18H,10-11H2,1-3H3,(H,22,25)(H,23,24)/t18-/m1/s1. The summed E-state index contributed by atoms with van der Waals surface area (Å²) in [5, 5.41) is 5.84. The molecule has 2 aromatic rings. The molecular formula is C20H23ClN2O4S. The molecule has 0 aliphatic carbocycles. The largest absolute Gasteiger partial charge is 0.340 e. The number of rotatable bonds is 7. The molecule has 28 heavy (non-hydrogen) atoms. The number of benzene rings is 2. The van der Waals surface area contributed by atoms with Crippen LogP contribution in [0.4, 0.5) is 5.69 Å². The molecule has 0 radical (unpaired) electrons. The second kappa shape index (κ2) is 9.21. The van der Waals surface area contributed by atoms with Gasteiger partial charge in [0.2, 0.25) is 5.91 Å². The van der Waals surface area contributed by atoms with E-state index in [0.29, 0.717) is 16.3 Å². The van der Waals surface area contributed by atoms with Crippen molar-refractivity contribution < 1.29 is 18.0 Å². The molecule has 0 bridgehead atoms. The highest BCUT2D eigenvalue weighted by Crippen LogP contribution is 2.15. The maximum absolute atomic E-state index is 12.7. The molecule has 2 rings (SSSR count). The van der Waals surface area contributed by atoms with Gasteiger partial charge in [0.05, 0.1) is 5.75 Å². The highest BCUT2D eigenvalue weighted by molar-refractivity contribution is 7.90. The fraction of sp³-hybridized carbons (Fsp3) is 0.300. The topological polar surface area (TPSA) is 92.3 Å². The summed E-state index contributed by atoms with van der Waals surface area (Å²) in [6.45, 7) is 3.89. The van der Waals surface area contributed by atoms with Crippen molar-refractivity contribution in [3.63, 3.8) is 0 Å². The Bertz CT molecular complexity index is 972. The normalized spacial score (nSPS) is 12.3. The maximum Gasteiger partial charge on any atom is 0.251 e. The predicted octanol–water partition coefficient (Wildman–Crippen LogP) is 3.13. The number of amides is 2. The molecule has 0 spiro atoms. The Hall–Kier alpha value is -2.38. The van der Waals surface area contributed by atoms with Crippen LogP contribution in [0.2, 0.25) is 5.02 Å². The van der Waals surface area contributed by atoms with Crippen molar-refractivity contribution in [3.8, 4) is 0 Å². The van der Waals surface area contributed by atoms with Crippen molar-refractivity contribution in [1.29, 1.82) is 0 Å². The van der Waals surface area contributed by atoms with Crippen LogP contribution in [0.15, 0.2) is 42.5 Å². The van der Waals surface area contributed by atoms with Gasteiger partial charge in [-0.3, -0.25) is 9.59 Å². The Balaban J connectivity index is 2.17. The zero-order valence-electron chi connectivity index (χ0n) is 16.0. The van der Waals surface area contributed by atoms with Gasteiger partial charge in [-0.1, -0.05) is 17.7 Å². The molecule has 0 saturated heterocycles. The molecule has 0 aromatic heterocycles. The Morgan fingerprint density at radius 1 is 1.04 bits per heavy atom. The molecule has 0 saturated carbocycles. The van der Waals surface area contributed by atoms with Crippen LogP contribution >= 0.6 is 11.6 Å². The number of nitrogens with one attached hydrogen (secondary N) is 2. The third-order valence-corrected chi connectivity index (χ3v) is 5.51. The summed E-state index contributed by atoms with van der Waals surface area (Å²) in [7, 11) is -3.29. The minimum atomic E-state index is -3.29. The molecule has 0 heterocycles. The number of carbonyl (C=O) groups is 2. The van der Waals surface area contributed by atoms with Crippen molar-refractivity contribution in [2.24, 2.45) is 0 Å². The molecule has 6 nitrogen and oxygen atoms in total. The second-order valence-electron chi connectivity index (χ2n) is 6.74. The Morgan fingerprint density at radius 2 is 1.68 bits per heavy atom. The van der Waals surface area contributed by atoms with Gasteiger partial charge in [0.1, 0.15) is 15.9 Å². The van der Waals surface area contributed by atoms with Crippen LogP contribution in [0.25, 0.3) is 0 Å². The molecule has 150 valence electrons. The lowest BCUT2D eigenvalue weighted by Crippen LogP contribution is -2.44. The number of sulfone groups is 1. The highest BCUT2D eigenvalue weighted by Gasteiger charge is 2.23. The van der Waals surface area contributed by atoms with Gasteiger partial charge in [-0.2, -0.15) is 0 Å². The van der Waals surface area contributed by atoms with Crippen LogP contribution in [0.5, 0.6) is 0 Å². The van der Waals surface area contributed by atoms with E-state index < -0.39 is 27.7 Å². The summed E-state index contributed by atoms with van der Waals surface area (Å²) >= 11 is 5.82. The van der Waals surface area contributed by atoms with Crippen LogP contribution in [0.1, 0.15) is 27.9 Å². The smallest absolute Gasteiger partial charge is 0.251 e. The second-order valence-corrected chi connectivity index (χ2v) is 9.44. The van der Waals surface area contributed by atoms with Crippen molar-refractivity contribution in [1.82, 2.24) is 5.32 Å². The summed E-state index contributed by atoms with van der Waals surface area (Å²) < 4.78 is 23.1. The molecule has 2 aromatic carbocycles. The fourth-order valence-electron chi connectivity index (χ4n) is 2.49. The first-order chi connectivity index (χ1) is 13.0. The van der Waals surface area contributed by atoms with E-state index >= 15 is 0 Å². The lowest BCUT2D eigenvalue weighted by Gasteiger charge is -2.19. The van der Waals surface area contributed by atoms with Gasteiger partial charge in [-0.05, 0) is 67.8 Å². The lowest BCUT2D eigenvalue weighted by atomic mass is 10.1. The Labute approximate surface area is 170 Å². The van der Waals surface area contributed by atoms with Crippen molar-refractivity contribution in [3.05, 3.63) is 64.2 Å². The first-order valence-corrected chi connectivity index (χ1v) is 11.1. The van der Waals surface area contributed by atoms with Crippen LogP contribution in [-0.2, 0) is 14.6 Å². The van der Waals surface area contributed by atoms with Gasteiger partial charge in [0.25, 0.3) is 5.91 Å². The van der Waals surface area contributed by atoms with Crippen molar-refractivity contribution in [2.75, 3.05) is 17.3 Å². The molecule has 0 fully saturated rings. The van der Waals surface area contributed by atoms with E-state index in [4.69, 9.17) is 11.6 Å². The number of anilines is 1. The van der Waals surface area contributed by atoms with E-state index in [0.717, 1.165) is 17.4 Å². The average molecular weight is 423 g/mol. The average Bonchev–Trinajstić information content (AvgIpc) is 2.61. The Morgan fingerprint density at radius 3 is 2.25 bits per heavy atom. The number of hydrogen-bond donors (Lipinski definition) is 2. The maximum atomic E-state index is 12.7. The fourth-order valence-corrected chi connectivity index (χ4v) is 3.28. The van der Waals surface area contributed by atoms with Crippen molar-refractivity contribution in [2.45, 2.75) is 26.3 Å². The number of halogens is 1. The van der Waals surface area contributed by atoms with Crippen molar-refractivity contribution >= 4 is 38.9 Å². The summed E-state index contributed by atoms with van der Waals surface area (Å²) in [6.07, 6.45) is 1.06. The first kappa shape index (κ1) is 21.9. The van der Waals surface area contributed by atoms with Gasteiger partial charge in [-0.25, -0.2) is 8.42 Å². The number of aryl methyl sites for hydroxylation is 2.